The smallest absolute Gasteiger partial charge is 0.123 e. The number of thiophene rings is 1. The first kappa shape index (κ1) is 13.2. The lowest BCUT2D eigenvalue weighted by molar-refractivity contribution is 0.586. The number of benzene rings is 1. The molecular weight excluding hydrogens is 245 g/mol. The summed E-state index contributed by atoms with van der Waals surface area (Å²) in [5.41, 5.74) is 2.11. The summed E-state index contributed by atoms with van der Waals surface area (Å²) >= 11 is 1.74. The topological polar surface area (TPSA) is 12.0 Å². The van der Waals surface area contributed by atoms with Crippen LogP contribution in [0.2, 0.25) is 0 Å². The van der Waals surface area contributed by atoms with Crippen molar-refractivity contribution >= 4 is 11.3 Å². The molecule has 0 amide bonds. The Kier molecular flexibility index (Phi) is 4.15. The summed E-state index contributed by atoms with van der Waals surface area (Å²) in [6.07, 6.45) is 1.05. The van der Waals surface area contributed by atoms with E-state index in [1.54, 1.807) is 17.4 Å². The van der Waals surface area contributed by atoms with Crippen LogP contribution in [0.3, 0.4) is 0 Å². The van der Waals surface area contributed by atoms with Gasteiger partial charge in [-0.15, -0.1) is 11.3 Å². The molecule has 1 aromatic heterocycles. The van der Waals surface area contributed by atoms with Crippen LogP contribution in [-0.4, -0.2) is 7.05 Å². The van der Waals surface area contributed by atoms with Gasteiger partial charge in [-0.3, -0.25) is 0 Å². The number of nitrogens with one attached hydrogen (secondary N) is 1. The highest BCUT2D eigenvalue weighted by Crippen LogP contribution is 2.34. The zero-order valence-corrected chi connectivity index (χ0v) is 11.8. The lowest BCUT2D eigenvalue weighted by Gasteiger charge is -2.10. The maximum absolute atomic E-state index is 13.3. The van der Waals surface area contributed by atoms with Crippen LogP contribution in [0.15, 0.2) is 30.3 Å². The van der Waals surface area contributed by atoms with Crippen LogP contribution in [0.1, 0.15) is 29.8 Å². The Hall–Kier alpha value is -1.19. The third-order valence-corrected chi connectivity index (χ3v) is 4.42. The second-order valence-electron chi connectivity index (χ2n) is 4.41. The standard InChI is InChI=1S/C15H18FNS/c1-4-13(17-3)15-8-7-14(18-15)12-9-11(16)6-5-10(12)2/h5-9,13,17H,4H2,1-3H3. The van der Waals surface area contributed by atoms with Gasteiger partial charge in [0.2, 0.25) is 0 Å². The predicted octanol–water partition coefficient (Wildman–Crippen LogP) is 4.53. The molecule has 2 aromatic rings. The Morgan fingerprint density at radius 2 is 2.06 bits per heavy atom. The van der Waals surface area contributed by atoms with Gasteiger partial charge in [0, 0.05) is 15.8 Å². The first-order valence-electron chi connectivity index (χ1n) is 6.19. The van der Waals surface area contributed by atoms with Crippen LogP contribution in [-0.2, 0) is 0 Å². The minimum absolute atomic E-state index is 0.175. The molecule has 1 N–H and O–H groups in total. The van der Waals surface area contributed by atoms with Crippen molar-refractivity contribution in [2.45, 2.75) is 26.3 Å². The fourth-order valence-corrected chi connectivity index (χ4v) is 3.37. The van der Waals surface area contributed by atoms with Gasteiger partial charge in [-0.05, 0) is 55.8 Å². The molecule has 3 heteroatoms. The van der Waals surface area contributed by atoms with E-state index < -0.39 is 0 Å². The van der Waals surface area contributed by atoms with Gasteiger partial charge in [-0.2, -0.15) is 0 Å². The van der Waals surface area contributed by atoms with E-state index in [0.717, 1.165) is 22.4 Å². The van der Waals surface area contributed by atoms with E-state index >= 15 is 0 Å². The maximum Gasteiger partial charge on any atom is 0.123 e. The molecule has 0 saturated carbocycles. The van der Waals surface area contributed by atoms with E-state index in [4.69, 9.17) is 0 Å². The number of halogens is 1. The quantitative estimate of drug-likeness (QED) is 0.854. The normalized spacial score (nSPS) is 12.7. The zero-order chi connectivity index (χ0) is 13.1. The monoisotopic (exact) mass is 263 g/mol. The molecule has 0 aliphatic rings. The molecule has 1 heterocycles. The minimum atomic E-state index is -0.175. The van der Waals surface area contributed by atoms with E-state index in [9.17, 15) is 4.39 Å². The summed E-state index contributed by atoms with van der Waals surface area (Å²) < 4.78 is 13.3. The lowest BCUT2D eigenvalue weighted by atomic mass is 10.1. The summed E-state index contributed by atoms with van der Waals surface area (Å²) in [6.45, 7) is 4.18. The van der Waals surface area contributed by atoms with Gasteiger partial charge >= 0.3 is 0 Å². The van der Waals surface area contributed by atoms with Gasteiger partial charge in [0.1, 0.15) is 5.82 Å². The highest BCUT2D eigenvalue weighted by Gasteiger charge is 2.12. The van der Waals surface area contributed by atoms with Crippen LogP contribution < -0.4 is 5.32 Å². The molecule has 0 spiro atoms. The minimum Gasteiger partial charge on any atom is -0.312 e. The van der Waals surface area contributed by atoms with Crippen molar-refractivity contribution in [2.75, 3.05) is 7.05 Å². The van der Waals surface area contributed by atoms with Gasteiger partial charge < -0.3 is 5.32 Å². The Balaban J connectivity index is 2.37. The van der Waals surface area contributed by atoms with Crippen LogP contribution in [0.5, 0.6) is 0 Å². The molecule has 0 saturated heterocycles. The highest BCUT2D eigenvalue weighted by atomic mass is 32.1. The van der Waals surface area contributed by atoms with Gasteiger partial charge in [0.25, 0.3) is 0 Å². The third kappa shape index (κ3) is 2.62. The molecule has 1 atom stereocenters. The number of rotatable bonds is 4. The molecule has 1 aromatic carbocycles. The van der Waals surface area contributed by atoms with E-state index in [1.807, 2.05) is 20.0 Å². The average molecular weight is 263 g/mol. The van der Waals surface area contributed by atoms with Crippen LogP contribution in [0, 0.1) is 12.7 Å². The summed E-state index contributed by atoms with van der Waals surface area (Å²) in [4.78, 5) is 2.44. The van der Waals surface area contributed by atoms with Gasteiger partial charge in [-0.25, -0.2) is 4.39 Å². The van der Waals surface area contributed by atoms with Crippen molar-refractivity contribution in [3.63, 3.8) is 0 Å². The van der Waals surface area contributed by atoms with E-state index in [-0.39, 0.29) is 5.82 Å². The molecule has 0 fully saturated rings. The van der Waals surface area contributed by atoms with Crippen molar-refractivity contribution in [3.05, 3.63) is 46.6 Å². The number of hydrogen-bond acceptors (Lipinski definition) is 2. The van der Waals surface area contributed by atoms with Crippen molar-refractivity contribution < 1.29 is 4.39 Å². The summed E-state index contributed by atoms with van der Waals surface area (Å²) in [5, 5.41) is 3.30. The first-order valence-corrected chi connectivity index (χ1v) is 7.01. The Labute approximate surface area is 112 Å². The molecule has 0 aliphatic carbocycles. The lowest BCUT2D eigenvalue weighted by Crippen LogP contribution is -2.13. The summed E-state index contributed by atoms with van der Waals surface area (Å²) in [6, 6.07) is 9.56. The van der Waals surface area contributed by atoms with Gasteiger partial charge in [0.15, 0.2) is 0 Å². The molecule has 96 valence electrons. The second kappa shape index (κ2) is 5.63. The molecule has 0 bridgehead atoms. The predicted molar refractivity (Wildman–Crippen MR) is 76.5 cm³/mol. The highest BCUT2D eigenvalue weighted by molar-refractivity contribution is 7.15. The maximum atomic E-state index is 13.3. The fourth-order valence-electron chi connectivity index (χ4n) is 2.09. The summed E-state index contributed by atoms with van der Waals surface area (Å²) in [7, 11) is 1.97. The number of aryl methyl sites for hydroxylation is 1. The van der Waals surface area contributed by atoms with Gasteiger partial charge in [0.05, 0.1) is 0 Å². The zero-order valence-electron chi connectivity index (χ0n) is 11.0. The SMILES string of the molecule is CCC(NC)c1ccc(-c2cc(F)ccc2C)s1. The van der Waals surface area contributed by atoms with Crippen molar-refractivity contribution in [2.24, 2.45) is 0 Å². The largest absolute Gasteiger partial charge is 0.312 e. The molecular formula is C15H18FNS. The molecule has 0 radical (unpaired) electrons. The van der Waals surface area contributed by atoms with Crippen LogP contribution in [0.4, 0.5) is 4.39 Å². The number of hydrogen-bond donors (Lipinski definition) is 1. The molecule has 2 rings (SSSR count). The van der Waals surface area contributed by atoms with Crippen molar-refractivity contribution in [1.29, 1.82) is 0 Å². The Morgan fingerprint density at radius 1 is 1.28 bits per heavy atom. The molecule has 1 nitrogen and oxygen atoms in total. The van der Waals surface area contributed by atoms with Crippen molar-refractivity contribution in [1.82, 2.24) is 5.32 Å². The van der Waals surface area contributed by atoms with E-state index in [2.05, 4.69) is 24.4 Å². The van der Waals surface area contributed by atoms with Crippen molar-refractivity contribution in [3.8, 4) is 10.4 Å². The Morgan fingerprint density at radius 3 is 2.72 bits per heavy atom. The first-order chi connectivity index (χ1) is 8.65. The molecule has 0 aliphatic heterocycles. The fraction of sp³-hybridized carbons (Fsp3) is 0.333. The third-order valence-electron chi connectivity index (χ3n) is 3.19. The second-order valence-corrected chi connectivity index (χ2v) is 5.53. The summed E-state index contributed by atoms with van der Waals surface area (Å²) in [5.74, 6) is -0.175. The van der Waals surface area contributed by atoms with E-state index in [1.165, 1.54) is 10.9 Å². The Bertz CT molecular complexity index is 529. The molecule has 1 unspecified atom stereocenters. The van der Waals surface area contributed by atoms with Crippen LogP contribution in [0.25, 0.3) is 10.4 Å². The average Bonchev–Trinajstić information content (AvgIpc) is 2.83. The van der Waals surface area contributed by atoms with Gasteiger partial charge in [-0.1, -0.05) is 13.0 Å². The molecule has 18 heavy (non-hydrogen) atoms. The van der Waals surface area contributed by atoms with E-state index in [0.29, 0.717) is 6.04 Å². The van der Waals surface area contributed by atoms with Crippen LogP contribution >= 0.6 is 11.3 Å².